The van der Waals surface area contributed by atoms with E-state index < -0.39 is 0 Å². The van der Waals surface area contributed by atoms with Gasteiger partial charge in [0.2, 0.25) is 0 Å². The van der Waals surface area contributed by atoms with Gasteiger partial charge in [-0.1, -0.05) is 30.3 Å². The van der Waals surface area contributed by atoms with E-state index in [0.717, 1.165) is 13.1 Å². The van der Waals surface area contributed by atoms with Crippen molar-refractivity contribution in [3.05, 3.63) is 35.9 Å². The monoisotopic (exact) mass is 292 g/mol. The lowest BCUT2D eigenvalue weighted by Crippen LogP contribution is -2.65. The summed E-state index contributed by atoms with van der Waals surface area (Å²) in [6, 6.07) is 10.9. The number of nitrogens with zero attached hydrogens (tertiary/aromatic N) is 1. The second kappa shape index (κ2) is 6.50. The van der Waals surface area contributed by atoms with Crippen molar-refractivity contribution in [3.8, 4) is 0 Å². The quantitative estimate of drug-likeness (QED) is 0.838. The Bertz CT molecular complexity index is 418. The molecular formula is C17H28N2S. The van der Waals surface area contributed by atoms with Crippen molar-refractivity contribution < 1.29 is 0 Å². The Hall–Kier alpha value is -0.510. The molecule has 1 saturated heterocycles. The number of piperazine rings is 1. The van der Waals surface area contributed by atoms with Gasteiger partial charge in [-0.15, -0.1) is 0 Å². The summed E-state index contributed by atoms with van der Waals surface area (Å²) in [5, 5.41) is 3.78. The van der Waals surface area contributed by atoms with Crippen molar-refractivity contribution in [2.45, 2.75) is 38.3 Å². The van der Waals surface area contributed by atoms with E-state index in [0.29, 0.717) is 0 Å². The third-order valence-corrected chi connectivity index (χ3v) is 5.16. The van der Waals surface area contributed by atoms with Crippen molar-refractivity contribution in [2.75, 3.05) is 31.6 Å². The molecule has 1 unspecified atom stereocenters. The zero-order chi connectivity index (χ0) is 14.6. The Balaban J connectivity index is 2.11. The molecule has 0 amide bonds. The summed E-state index contributed by atoms with van der Waals surface area (Å²) in [4.78, 5) is 2.66. The minimum absolute atomic E-state index is 0.0656. The first-order valence-corrected chi connectivity index (χ1v) is 8.92. The molecule has 0 saturated carbocycles. The molecule has 0 aromatic heterocycles. The van der Waals surface area contributed by atoms with E-state index in [4.69, 9.17) is 0 Å². The van der Waals surface area contributed by atoms with E-state index >= 15 is 0 Å². The zero-order valence-electron chi connectivity index (χ0n) is 13.3. The number of benzene rings is 1. The van der Waals surface area contributed by atoms with E-state index in [9.17, 15) is 0 Å². The fraction of sp³-hybridized carbons (Fsp3) is 0.647. The molecule has 0 bridgehead atoms. The molecule has 1 atom stereocenters. The first-order chi connectivity index (χ1) is 9.48. The van der Waals surface area contributed by atoms with Crippen LogP contribution in [-0.2, 0) is 5.54 Å². The van der Waals surface area contributed by atoms with Gasteiger partial charge in [0, 0.05) is 18.6 Å². The lowest BCUT2D eigenvalue weighted by Gasteiger charge is -2.51. The van der Waals surface area contributed by atoms with Crippen molar-refractivity contribution in [2.24, 2.45) is 0 Å². The van der Waals surface area contributed by atoms with Crippen LogP contribution in [0.4, 0.5) is 0 Å². The highest BCUT2D eigenvalue weighted by Crippen LogP contribution is 2.30. The molecule has 0 spiro atoms. The predicted octanol–water partition coefficient (Wildman–Crippen LogP) is 3.34. The molecule has 1 aromatic carbocycles. The van der Waals surface area contributed by atoms with Gasteiger partial charge in [-0.2, -0.15) is 11.8 Å². The van der Waals surface area contributed by atoms with Crippen molar-refractivity contribution in [1.82, 2.24) is 10.2 Å². The molecule has 1 aliphatic rings. The third kappa shape index (κ3) is 3.57. The molecule has 1 fully saturated rings. The van der Waals surface area contributed by atoms with Gasteiger partial charge in [0.15, 0.2) is 0 Å². The topological polar surface area (TPSA) is 15.3 Å². The highest BCUT2D eigenvalue weighted by atomic mass is 32.2. The molecule has 1 aromatic rings. The van der Waals surface area contributed by atoms with E-state index in [1.54, 1.807) is 0 Å². The Morgan fingerprint density at radius 2 is 1.90 bits per heavy atom. The average Bonchev–Trinajstić information content (AvgIpc) is 2.44. The molecule has 1 heterocycles. The van der Waals surface area contributed by atoms with Crippen molar-refractivity contribution in [3.63, 3.8) is 0 Å². The molecule has 1 N–H and O–H groups in total. The van der Waals surface area contributed by atoms with Crippen molar-refractivity contribution >= 4 is 11.8 Å². The van der Waals surface area contributed by atoms with E-state index in [2.05, 4.69) is 67.6 Å². The van der Waals surface area contributed by atoms with Crippen LogP contribution >= 0.6 is 11.8 Å². The molecule has 0 radical (unpaired) electrons. The summed E-state index contributed by atoms with van der Waals surface area (Å²) >= 11 is 1.94. The number of hydrogen-bond donors (Lipinski definition) is 1. The van der Waals surface area contributed by atoms with Crippen LogP contribution in [0.2, 0.25) is 0 Å². The number of rotatable bonds is 5. The predicted molar refractivity (Wildman–Crippen MR) is 90.4 cm³/mol. The van der Waals surface area contributed by atoms with Crippen LogP contribution in [0.5, 0.6) is 0 Å². The second-order valence-corrected chi connectivity index (χ2v) is 7.62. The maximum absolute atomic E-state index is 3.78. The molecule has 2 rings (SSSR count). The van der Waals surface area contributed by atoms with Crippen LogP contribution in [0.1, 0.15) is 32.8 Å². The number of hydrogen-bond acceptors (Lipinski definition) is 3. The maximum Gasteiger partial charge on any atom is 0.0535 e. The fourth-order valence-corrected chi connectivity index (χ4v) is 3.37. The van der Waals surface area contributed by atoms with E-state index in [-0.39, 0.29) is 11.1 Å². The summed E-state index contributed by atoms with van der Waals surface area (Å²) in [7, 11) is 0. The van der Waals surface area contributed by atoms with E-state index in [1.807, 2.05) is 11.8 Å². The molecule has 112 valence electrons. The number of nitrogens with one attached hydrogen (secondary N) is 1. The van der Waals surface area contributed by atoms with Gasteiger partial charge in [-0.3, -0.25) is 4.90 Å². The van der Waals surface area contributed by atoms with Crippen LogP contribution in [0.3, 0.4) is 0 Å². The summed E-state index contributed by atoms with van der Waals surface area (Å²) in [5.74, 6) is 1.25. The molecule has 2 nitrogen and oxygen atoms in total. The number of thioether (sulfide) groups is 1. The van der Waals surface area contributed by atoms with Crippen LogP contribution in [0.15, 0.2) is 30.3 Å². The Labute approximate surface area is 128 Å². The van der Waals surface area contributed by atoms with Gasteiger partial charge in [-0.25, -0.2) is 0 Å². The average molecular weight is 292 g/mol. The largest absolute Gasteiger partial charge is 0.305 e. The highest BCUT2D eigenvalue weighted by molar-refractivity contribution is 7.98. The van der Waals surface area contributed by atoms with Gasteiger partial charge in [-0.05, 0) is 51.3 Å². The van der Waals surface area contributed by atoms with Gasteiger partial charge >= 0.3 is 0 Å². The first kappa shape index (κ1) is 15.9. The lowest BCUT2D eigenvalue weighted by molar-refractivity contribution is 0.0318. The minimum atomic E-state index is 0.0656. The van der Waals surface area contributed by atoms with Gasteiger partial charge in [0.25, 0.3) is 0 Å². The normalized spacial score (nSPS) is 26.6. The fourth-order valence-electron chi connectivity index (χ4n) is 2.96. The van der Waals surface area contributed by atoms with Crippen LogP contribution < -0.4 is 5.32 Å². The third-order valence-electron chi connectivity index (χ3n) is 4.46. The first-order valence-electron chi connectivity index (χ1n) is 7.52. The second-order valence-electron chi connectivity index (χ2n) is 6.63. The summed E-state index contributed by atoms with van der Waals surface area (Å²) in [5.41, 5.74) is 1.70. The Kier molecular flexibility index (Phi) is 5.16. The lowest BCUT2D eigenvalue weighted by atomic mass is 9.85. The smallest absolute Gasteiger partial charge is 0.0535 e. The molecule has 20 heavy (non-hydrogen) atoms. The molecular weight excluding hydrogens is 264 g/mol. The van der Waals surface area contributed by atoms with E-state index in [1.165, 1.54) is 24.3 Å². The van der Waals surface area contributed by atoms with Crippen LogP contribution in [-0.4, -0.2) is 42.1 Å². The van der Waals surface area contributed by atoms with Gasteiger partial charge < -0.3 is 5.32 Å². The molecule has 3 heteroatoms. The molecule has 1 aliphatic heterocycles. The van der Waals surface area contributed by atoms with Gasteiger partial charge in [0.05, 0.1) is 5.54 Å². The minimum Gasteiger partial charge on any atom is -0.305 e. The Morgan fingerprint density at radius 3 is 2.55 bits per heavy atom. The summed E-state index contributed by atoms with van der Waals surface area (Å²) in [6.45, 7) is 10.3. The summed E-state index contributed by atoms with van der Waals surface area (Å²) in [6.07, 6.45) is 3.46. The molecule has 0 aliphatic carbocycles. The zero-order valence-corrected chi connectivity index (χ0v) is 14.1. The highest BCUT2D eigenvalue weighted by Gasteiger charge is 2.40. The van der Waals surface area contributed by atoms with Gasteiger partial charge in [0.1, 0.15) is 0 Å². The summed E-state index contributed by atoms with van der Waals surface area (Å²) < 4.78 is 0. The Morgan fingerprint density at radius 1 is 1.20 bits per heavy atom. The standard InChI is InChI=1S/C17H28N2S/c1-16(2)13-18-17(3,15-9-6-5-7-10-15)14-19(16)11-8-12-20-4/h5-7,9-10,18H,8,11-14H2,1-4H3. The van der Waals surface area contributed by atoms with Crippen LogP contribution in [0.25, 0.3) is 0 Å². The van der Waals surface area contributed by atoms with Crippen molar-refractivity contribution in [1.29, 1.82) is 0 Å². The van der Waals surface area contributed by atoms with Crippen LogP contribution in [0, 0.1) is 0 Å². The maximum atomic E-state index is 3.78. The SMILES string of the molecule is CSCCCN1CC(C)(c2ccccc2)NCC1(C)C.